The van der Waals surface area contributed by atoms with Crippen LogP contribution in [0.5, 0.6) is 0 Å². The molecule has 7 nitrogen and oxygen atoms in total. The van der Waals surface area contributed by atoms with E-state index >= 15 is 0 Å². The molecule has 0 amide bonds. The second-order valence-electron chi connectivity index (χ2n) is 25.1. The van der Waals surface area contributed by atoms with Crippen molar-refractivity contribution in [1.29, 1.82) is 0 Å². The molecule has 0 saturated heterocycles. The van der Waals surface area contributed by atoms with Gasteiger partial charge < -0.3 is 23.8 Å². The summed E-state index contributed by atoms with van der Waals surface area (Å²) in [6.45, 7) is 10.00. The van der Waals surface area contributed by atoms with E-state index in [-0.39, 0.29) is 42.6 Å². The summed E-state index contributed by atoms with van der Waals surface area (Å²) in [5.74, 6) is 10.3. The first-order valence-corrected chi connectivity index (χ1v) is 30.9. The SMILES string of the molecule is CCCCCC1CC1CC1CC1CCCCCCCCOCC(COC(=O)CC1CCC(OC(=O)CCCN(C)C)C1CC1CC1CC)OCCCCCCCCC1CC1CC1CC1CCCCC. The highest BCUT2D eigenvalue weighted by Gasteiger charge is 2.47. The standard InChI is InChI=1S/C62H111NO6/c1-6-9-19-26-48-37-53(48)41-55-39-50(55)28-21-15-11-13-17-23-34-66-45-58(67-35-24-18-14-12-16-22-29-51-40-56(51)42-54-38-49(54)27-20-10-7-2)46-68-62(65)44-52-31-32-60(59(52)43-57-36-47(57)8-3)69-61(64)30-25-33-63(4)5/h47-60H,6-46H2,1-5H3. The van der Waals surface area contributed by atoms with Crippen molar-refractivity contribution in [3.8, 4) is 0 Å². The number of hydrogen-bond acceptors (Lipinski definition) is 7. The van der Waals surface area contributed by atoms with E-state index in [9.17, 15) is 9.59 Å². The van der Waals surface area contributed by atoms with Gasteiger partial charge in [0, 0.05) is 26.1 Å². The summed E-state index contributed by atoms with van der Waals surface area (Å²) < 4.78 is 24.8. The van der Waals surface area contributed by atoms with Gasteiger partial charge in [0.1, 0.15) is 18.8 Å². The Hall–Kier alpha value is -1.18. The highest BCUT2D eigenvalue weighted by atomic mass is 16.6. The molecule has 7 heteroatoms. The van der Waals surface area contributed by atoms with Crippen molar-refractivity contribution >= 4 is 11.9 Å². The summed E-state index contributed by atoms with van der Waals surface area (Å²) >= 11 is 0. The maximum atomic E-state index is 13.5. The molecule has 6 rings (SSSR count). The number of carbonyl (C=O) groups excluding carboxylic acids is 2. The maximum Gasteiger partial charge on any atom is 0.306 e. The number of nitrogens with zero attached hydrogens (tertiary/aromatic N) is 1. The Kier molecular flexibility index (Phi) is 26.6. The molecule has 69 heavy (non-hydrogen) atoms. The minimum atomic E-state index is -0.229. The lowest BCUT2D eigenvalue weighted by Gasteiger charge is -2.25. The van der Waals surface area contributed by atoms with E-state index in [4.69, 9.17) is 18.9 Å². The normalized spacial score (nSPS) is 31.2. The lowest BCUT2D eigenvalue weighted by molar-refractivity contribution is -0.153. The fourth-order valence-electron chi connectivity index (χ4n) is 13.6. The highest BCUT2D eigenvalue weighted by molar-refractivity contribution is 5.70. The molecular formula is C62H111NO6. The minimum Gasteiger partial charge on any atom is -0.463 e. The molecule has 0 radical (unpaired) electrons. The van der Waals surface area contributed by atoms with Crippen molar-refractivity contribution in [2.45, 2.75) is 264 Å². The van der Waals surface area contributed by atoms with Crippen LogP contribution in [-0.4, -0.2) is 76.1 Å². The van der Waals surface area contributed by atoms with Crippen LogP contribution in [0.15, 0.2) is 0 Å². The van der Waals surface area contributed by atoms with Gasteiger partial charge in [-0.2, -0.15) is 0 Å². The molecule has 6 saturated carbocycles. The zero-order valence-corrected chi connectivity index (χ0v) is 46.0. The molecule has 14 atom stereocenters. The Labute approximate surface area is 426 Å². The fraction of sp³-hybridized carbons (Fsp3) is 0.968. The van der Waals surface area contributed by atoms with Gasteiger partial charge in [0.05, 0.1) is 6.61 Å². The second-order valence-corrected chi connectivity index (χ2v) is 25.1. The number of unbranched alkanes of at least 4 members (excludes halogenated alkanes) is 14. The van der Waals surface area contributed by atoms with Crippen LogP contribution in [0.4, 0.5) is 0 Å². The van der Waals surface area contributed by atoms with E-state index in [1.807, 2.05) is 14.1 Å². The van der Waals surface area contributed by atoms with Crippen LogP contribution in [0, 0.1) is 71.0 Å². The Balaban J connectivity index is 0.825. The lowest BCUT2D eigenvalue weighted by atomic mass is 9.86. The smallest absolute Gasteiger partial charge is 0.306 e. The molecule has 0 spiro atoms. The van der Waals surface area contributed by atoms with Crippen LogP contribution in [0.2, 0.25) is 0 Å². The Morgan fingerprint density at radius 2 is 0.986 bits per heavy atom. The van der Waals surface area contributed by atoms with Crippen LogP contribution < -0.4 is 0 Å². The molecule has 0 heterocycles. The third-order valence-corrected chi connectivity index (χ3v) is 18.8. The monoisotopic (exact) mass is 966 g/mol. The molecule has 6 aliphatic carbocycles. The van der Waals surface area contributed by atoms with E-state index < -0.39 is 0 Å². The Bertz CT molecular complexity index is 1390. The first-order valence-electron chi connectivity index (χ1n) is 30.9. The third kappa shape index (κ3) is 23.3. The van der Waals surface area contributed by atoms with Crippen molar-refractivity contribution in [3.63, 3.8) is 0 Å². The average molecular weight is 967 g/mol. The number of hydrogen-bond donors (Lipinski definition) is 0. The third-order valence-electron chi connectivity index (χ3n) is 18.8. The first kappa shape index (κ1) is 57.1. The molecule has 14 unspecified atom stereocenters. The van der Waals surface area contributed by atoms with Gasteiger partial charge in [-0.3, -0.25) is 9.59 Å². The summed E-state index contributed by atoms with van der Waals surface area (Å²) in [7, 11) is 4.08. The van der Waals surface area contributed by atoms with E-state index in [2.05, 4.69) is 25.7 Å². The predicted octanol–water partition coefficient (Wildman–Crippen LogP) is 16.0. The maximum absolute atomic E-state index is 13.5. The number of rotatable bonds is 45. The average Bonchev–Trinajstić information content (AvgIpc) is 4.06. The van der Waals surface area contributed by atoms with Gasteiger partial charge in [-0.15, -0.1) is 0 Å². The quantitative estimate of drug-likeness (QED) is 0.0445. The summed E-state index contributed by atoms with van der Waals surface area (Å²) in [4.78, 5) is 28.5. The van der Waals surface area contributed by atoms with E-state index in [1.165, 1.54) is 161 Å². The van der Waals surface area contributed by atoms with E-state index in [1.54, 1.807) is 19.3 Å². The Morgan fingerprint density at radius 3 is 1.51 bits per heavy atom. The first-order chi connectivity index (χ1) is 33.7. The van der Waals surface area contributed by atoms with Crippen LogP contribution >= 0.6 is 0 Å². The lowest BCUT2D eigenvalue weighted by Crippen LogP contribution is -2.30. The number of carbonyl (C=O) groups is 2. The molecule has 0 aromatic rings. The molecule has 0 aromatic carbocycles. The molecule has 0 aromatic heterocycles. The minimum absolute atomic E-state index is 0.0756. The molecule has 6 aliphatic rings. The second kappa shape index (κ2) is 32.2. The van der Waals surface area contributed by atoms with Crippen LogP contribution in [-0.2, 0) is 28.5 Å². The van der Waals surface area contributed by atoms with Crippen molar-refractivity contribution < 1.29 is 28.5 Å². The number of ether oxygens (including phenoxy) is 4. The highest BCUT2D eigenvalue weighted by Crippen LogP contribution is 2.56. The largest absolute Gasteiger partial charge is 0.463 e. The van der Waals surface area contributed by atoms with Crippen LogP contribution in [0.3, 0.4) is 0 Å². The zero-order chi connectivity index (χ0) is 48.6. The fourth-order valence-corrected chi connectivity index (χ4v) is 13.6. The summed E-state index contributed by atoms with van der Waals surface area (Å²) in [5.41, 5.74) is 0. The van der Waals surface area contributed by atoms with Gasteiger partial charge in [-0.25, -0.2) is 0 Å². The number of esters is 2. The summed E-state index contributed by atoms with van der Waals surface area (Å²) in [6, 6.07) is 0. The van der Waals surface area contributed by atoms with Gasteiger partial charge in [0.15, 0.2) is 0 Å². The predicted molar refractivity (Wildman–Crippen MR) is 285 cm³/mol. The van der Waals surface area contributed by atoms with Gasteiger partial charge in [-0.05, 0) is 175 Å². The molecular weight excluding hydrogens is 855 g/mol. The molecule has 0 N–H and O–H groups in total. The summed E-state index contributed by atoms with van der Waals surface area (Å²) in [6.07, 6.45) is 45.8. The van der Waals surface area contributed by atoms with Crippen molar-refractivity contribution in [2.75, 3.05) is 47.1 Å². The molecule has 0 aliphatic heterocycles. The van der Waals surface area contributed by atoms with E-state index in [0.29, 0.717) is 32.0 Å². The molecule has 6 fully saturated rings. The van der Waals surface area contributed by atoms with Gasteiger partial charge in [0.2, 0.25) is 0 Å². The van der Waals surface area contributed by atoms with Gasteiger partial charge in [-0.1, -0.05) is 156 Å². The van der Waals surface area contributed by atoms with Crippen LogP contribution in [0.1, 0.15) is 252 Å². The van der Waals surface area contributed by atoms with Gasteiger partial charge in [0.25, 0.3) is 0 Å². The topological polar surface area (TPSA) is 74.3 Å². The molecule has 0 bridgehead atoms. The van der Waals surface area contributed by atoms with Crippen LogP contribution in [0.25, 0.3) is 0 Å². The van der Waals surface area contributed by atoms with Crippen molar-refractivity contribution in [3.05, 3.63) is 0 Å². The Morgan fingerprint density at radius 1 is 0.493 bits per heavy atom. The van der Waals surface area contributed by atoms with Gasteiger partial charge >= 0.3 is 11.9 Å². The summed E-state index contributed by atoms with van der Waals surface area (Å²) in [5, 5.41) is 0. The molecule has 400 valence electrons. The zero-order valence-electron chi connectivity index (χ0n) is 46.0. The van der Waals surface area contributed by atoms with E-state index in [0.717, 1.165) is 105 Å². The van der Waals surface area contributed by atoms with Crippen molar-refractivity contribution in [1.82, 2.24) is 4.90 Å². The van der Waals surface area contributed by atoms with Crippen molar-refractivity contribution in [2.24, 2.45) is 71.0 Å².